The third-order valence-electron chi connectivity index (χ3n) is 4.58. The van der Waals surface area contributed by atoms with E-state index >= 15 is 0 Å². The maximum atomic E-state index is 11.3. The van der Waals surface area contributed by atoms with Crippen molar-refractivity contribution in [2.75, 3.05) is 18.0 Å². The molecule has 1 aromatic rings. The van der Waals surface area contributed by atoms with E-state index in [0.29, 0.717) is 5.56 Å². The van der Waals surface area contributed by atoms with E-state index in [4.69, 9.17) is 5.21 Å². The third-order valence-corrected chi connectivity index (χ3v) is 4.58. The number of nitrogens with zero attached hydrogens (tertiary/aromatic N) is 1. The molecule has 1 heterocycles. The number of anilines is 1. The number of hydrogen-bond donors (Lipinski definition) is 2. The van der Waals surface area contributed by atoms with Crippen LogP contribution in [-0.4, -0.2) is 24.2 Å². The van der Waals surface area contributed by atoms with Gasteiger partial charge in [0.1, 0.15) is 0 Å². The summed E-state index contributed by atoms with van der Waals surface area (Å²) in [6, 6.07) is 7.41. The monoisotopic (exact) mass is 276 g/mol. The first-order valence-corrected chi connectivity index (χ1v) is 7.45. The van der Waals surface area contributed by atoms with E-state index in [0.717, 1.165) is 30.6 Å². The molecule has 0 aliphatic carbocycles. The summed E-state index contributed by atoms with van der Waals surface area (Å²) in [5.41, 5.74) is 3.28. The molecule has 4 nitrogen and oxygen atoms in total. The SMILES string of the molecule is CCC(C)C1CCN(c2ccc(C(=O)NO)cc2)CC1. The van der Waals surface area contributed by atoms with Gasteiger partial charge >= 0.3 is 0 Å². The van der Waals surface area contributed by atoms with Crippen molar-refractivity contribution in [3.8, 4) is 0 Å². The lowest BCUT2D eigenvalue weighted by Crippen LogP contribution is -2.35. The summed E-state index contributed by atoms with van der Waals surface area (Å²) in [6.45, 7) is 6.78. The molecule has 1 fully saturated rings. The number of amides is 1. The van der Waals surface area contributed by atoms with Gasteiger partial charge in [-0.05, 0) is 48.9 Å². The summed E-state index contributed by atoms with van der Waals surface area (Å²) < 4.78 is 0. The number of piperidine rings is 1. The van der Waals surface area contributed by atoms with Gasteiger partial charge in [0.25, 0.3) is 5.91 Å². The van der Waals surface area contributed by atoms with E-state index in [-0.39, 0.29) is 0 Å². The Bertz CT molecular complexity index is 436. The molecule has 110 valence electrons. The lowest BCUT2D eigenvalue weighted by molar-refractivity contribution is 0.0706. The maximum absolute atomic E-state index is 11.3. The summed E-state index contributed by atoms with van der Waals surface area (Å²) in [4.78, 5) is 13.7. The van der Waals surface area contributed by atoms with Crippen molar-refractivity contribution in [2.45, 2.75) is 33.1 Å². The molecule has 0 spiro atoms. The molecule has 2 rings (SSSR count). The second-order valence-electron chi connectivity index (χ2n) is 5.70. The van der Waals surface area contributed by atoms with E-state index < -0.39 is 5.91 Å². The Hall–Kier alpha value is -1.55. The van der Waals surface area contributed by atoms with Gasteiger partial charge in [-0.2, -0.15) is 0 Å². The van der Waals surface area contributed by atoms with E-state index in [9.17, 15) is 4.79 Å². The highest BCUT2D eigenvalue weighted by Crippen LogP contribution is 2.29. The Labute approximate surface area is 120 Å². The van der Waals surface area contributed by atoms with Gasteiger partial charge in [0, 0.05) is 24.3 Å². The largest absolute Gasteiger partial charge is 0.372 e. The number of nitrogens with one attached hydrogen (secondary N) is 1. The standard InChI is InChI=1S/C16H24N2O2/c1-3-12(2)13-8-10-18(11-9-13)15-6-4-14(5-7-15)16(19)17-20/h4-7,12-13,20H,3,8-11H2,1-2H3,(H,17,19). The molecule has 20 heavy (non-hydrogen) atoms. The predicted octanol–water partition coefficient (Wildman–Crippen LogP) is 3.07. The van der Waals surface area contributed by atoms with Gasteiger partial charge in [-0.25, -0.2) is 5.48 Å². The van der Waals surface area contributed by atoms with Crippen LogP contribution < -0.4 is 10.4 Å². The molecule has 0 aromatic heterocycles. The Morgan fingerprint density at radius 2 is 1.95 bits per heavy atom. The molecule has 0 radical (unpaired) electrons. The highest BCUT2D eigenvalue weighted by atomic mass is 16.5. The number of hydrogen-bond acceptors (Lipinski definition) is 3. The van der Waals surface area contributed by atoms with Crippen LogP contribution in [0.4, 0.5) is 5.69 Å². The molecule has 1 atom stereocenters. The molecule has 1 amide bonds. The Balaban J connectivity index is 1.95. The summed E-state index contributed by atoms with van der Waals surface area (Å²) in [5.74, 6) is 1.19. The molecular formula is C16H24N2O2. The van der Waals surface area contributed by atoms with Crippen LogP contribution in [0.3, 0.4) is 0 Å². The van der Waals surface area contributed by atoms with Gasteiger partial charge < -0.3 is 4.90 Å². The smallest absolute Gasteiger partial charge is 0.274 e. The van der Waals surface area contributed by atoms with Crippen LogP contribution in [0.2, 0.25) is 0 Å². The second kappa shape index (κ2) is 6.75. The summed E-state index contributed by atoms with van der Waals surface area (Å²) in [7, 11) is 0. The van der Waals surface area contributed by atoms with Crippen molar-refractivity contribution >= 4 is 11.6 Å². The molecule has 1 aliphatic rings. The van der Waals surface area contributed by atoms with Crippen molar-refractivity contribution in [1.29, 1.82) is 0 Å². The van der Waals surface area contributed by atoms with Crippen molar-refractivity contribution in [3.05, 3.63) is 29.8 Å². The minimum Gasteiger partial charge on any atom is -0.372 e. The van der Waals surface area contributed by atoms with Crippen LogP contribution in [0.25, 0.3) is 0 Å². The normalized spacial score (nSPS) is 17.9. The van der Waals surface area contributed by atoms with Crippen LogP contribution in [0.15, 0.2) is 24.3 Å². The molecule has 0 bridgehead atoms. The minimum absolute atomic E-state index is 0.466. The average molecular weight is 276 g/mol. The first-order valence-electron chi connectivity index (χ1n) is 7.45. The average Bonchev–Trinajstić information content (AvgIpc) is 2.53. The highest BCUT2D eigenvalue weighted by Gasteiger charge is 2.23. The van der Waals surface area contributed by atoms with Crippen molar-refractivity contribution < 1.29 is 10.0 Å². The van der Waals surface area contributed by atoms with Crippen LogP contribution in [0, 0.1) is 11.8 Å². The van der Waals surface area contributed by atoms with Gasteiger partial charge in [-0.15, -0.1) is 0 Å². The zero-order valence-corrected chi connectivity index (χ0v) is 12.3. The van der Waals surface area contributed by atoms with Crippen molar-refractivity contribution in [2.24, 2.45) is 11.8 Å². The van der Waals surface area contributed by atoms with Crippen LogP contribution >= 0.6 is 0 Å². The Morgan fingerprint density at radius 3 is 2.45 bits per heavy atom. The van der Waals surface area contributed by atoms with Gasteiger partial charge in [0.2, 0.25) is 0 Å². The number of rotatable bonds is 4. The fourth-order valence-corrected chi connectivity index (χ4v) is 2.95. The summed E-state index contributed by atoms with van der Waals surface area (Å²) in [6.07, 6.45) is 3.75. The van der Waals surface area contributed by atoms with E-state index in [1.165, 1.54) is 19.3 Å². The quantitative estimate of drug-likeness (QED) is 0.656. The minimum atomic E-state index is -0.466. The number of carbonyl (C=O) groups excluding carboxylic acids is 1. The Morgan fingerprint density at radius 1 is 1.35 bits per heavy atom. The first-order chi connectivity index (χ1) is 9.65. The van der Waals surface area contributed by atoms with Gasteiger partial charge in [0.15, 0.2) is 0 Å². The number of benzene rings is 1. The topological polar surface area (TPSA) is 52.6 Å². The number of hydroxylamine groups is 1. The van der Waals surface area contributed by atoms with Crippen LogP contribution in [0.1, 0.15) is 43.5 Å². The number of carbonyl (C=O) groups is 1. The molecule has 1 aromatic carbocycles. The molecule has 2 N–H and O–H groups in total. The molecular weight excluding hydrogens is 252 g/mol. The molecule has 1 aliphatic heterocycles. The third kappa shape index (κ3) is 3.31. The Kier molecular flexibility index (Phi) is 5.01. The van der Waals surface area contributed by atoms with Crippen LogP contribution in [-0.2, 0) is 0 Å². The first kappa shape index (κ1) is 14.9. The van der Waals surface area contributed by atoms with E-state index in [1.807, 2.05) is 12.1 Å². The molecule has 4 heteroatoms. The van der Waals surface area contributed by atoms with E-state index in [2.05, 4.69) is 18.7 Å². The lowest BCUT2D eigenvalue weighted by Gasteiger charge is -2.36. The summed E-state index contributed by atoms with van der Waals surface area (Å²) >= 11 is 0. The van der Waals surface area contributed by atoms with Crippen molar-refractivity contribution in [1.82, 2.24) is 5.48 Å². The lowest BCUT2D eigenvalue weighted by atomic mass is 9.84. The molecule has 1 unspecified atom stereocenters. The fraction of sp³-hybridized carbons (Fsp3) is 0.562. The highest BCUT2D eigenvalue weighted by molar-refractivity contribution is 5.93. The second-order valence-corrected chi connectivity index (χ2v) is 5.70. The van der Waals surface area contributed by atoms with Crippen molar-refractivity contribution in [3.63, 3.8) is 0 Å². The maximum Gasteiger partial charge on any atom is 0.274 e. The summed E-state index contributed by atoms with van der Waals surface area (Å²) in [5, 5.41) is 8.60. The predicted molar refractivity (Wildman–Crippen MR) is 80.1 cm³/mol. The molecule has 1 saturated heterocycles. The van der Waals surface area contributed by atoms with Crippen LogP contribution in [0.5, 0.6) is 0 Å². The molecule has 0 saturated carbocycles. The van der Waals surface area contributed by atoms with Gasteiger partial charge in [-0.1, -0.05) is 20.3 Å². The zero-order valence-electron chi connectivity index (χ0n) is 12.3. The zero-order chi connectivity index (χ0) is 14.5. The fourth-order valence-electron chi connectivity index (χ4n) is 2.95. The van der Waals surface area contributed by atoms with Gasteiger partial charge in [-0.3, -0.25) is 10.0 Å². The van der Waals surface area contributed by atoms with E-state index in [1.54, 1.807) is 17.6 Å². The van der Waals surface area contributed by atoms with Gasteiger partial charge in [0.05, 0.1) is 0 Å².